The summed E-state index contributed by atoms with van der Waals surface area (Å²) in [5.74, 6) is -1.55. The minimum Gasteiger partial charge on any atom is -0.380 e. The Morgan fingerprint density at radius 2 is 1.95 bits per heavy atom. The number of aromatic nitrogens is 1. The summed E-state index contributed by atoms with van der Waals surface area (Å²) in [5, 5.41) is 11.5. The molecule has 0 spiro atoms. The highest BCUT2D eigenvalue weighted by atomic mass is 19.1. The van der Waals surface area contributed by atoms with Gasteiger partial charge < -0.3 is 9.88 Å². The molecule has 0 amide bonds. The molecule has 1 aromatic heterocycles. The second kappa shape index (κ2) is 6.18. The fourth-order valence-electron chi connectivity index (χ4n) is 1.91. The van der Waals surface area contributed by atoms with E-state index in [0.717, 1.165) is 12.1 Å². The SMILES string of the molecule is CCn1cc(NCc2c(F)cc(C#N)cc2F)ccc1=O. The Labute approximate surface area is 120 Å². The van der Waals surface area contributed by atoms with Crippen molar-refractivity contribution in [3.05, 3.63) is 63.6 Å². The van der Waals surface area contributed by atoms with Gasteiger partial charge in [-0.15, -0.1) is 0 Å². The van der Waals surface area contributed by atoms with Crippen molar-refractivity contribution in [1.82, 2.24) is 4.57 Å². The van der Waals surface area contributed by atoms with Gasteiger partial charge in [0.15, 0.2) is 0 Å². The molecule has 0 bridgehead atoms. The van der Waals surface area contributed by atoms with Crippen molar-refractivity contribution in [3.8, 4) is 6.07 Å². The highest BCUT2D eigenvalue weighted by Gasteiger charge is 2.11. The van der Waals surface area contributed by atoms with Crippen LogP contribution in [0.4, 0.5) is 14.5 Å². The Morgan fingerprint density at radius 3 is 2.52 bits per heavy atom. The van der Waals surface area contributed by atoms with Crippen LogP contribution in [-0.4, -0.2) is 4.57 Å². The van der Waals surface area contributed by atoms with Crippen LogP contribution in [0.3, 0.4) is 0 Å². The van der Waals surface area contributed by atoms with E-state index in [2.05, 4.69) is 5.32 Å². The molecule has 0 aliphatic heterocycles. The summed E-state index contributed by atoms with van der Waals surface area (Å²) in [5.41, 5.74) is 0.231. The molecule has 6 heteroatoms. The van der Waals surface area contributed by atoms with E-state index in [1.165, 1.54) is 10.6 Å². The molecule has 1 heterocycles. The van der Waals surface area contributed by atoms with Crippen LogP contribution in [0.25, 0.3) is 0 Å². The number of anilines is 1. The number of halogens is 2. The molecule has 21 heavy (non-hydrogen) atoms. The molecule has 0 radical (unpaired) electrons. The number of hydrogen-bond donors (Lipinski definition) is 1. The van der Waals surface area contributed by atoms with Crippen LogP contribution in [0, 0.1) is 23.0 Å². The molecule has 0 saturated heterocycles. The van der Waals surface area contributed by atoms with Crippen LogP contribution in [0.5, 0.6) is 0 Å². The number of rotatable bonds is 4. The number of hydrogen-bond acceptors (Lipinski definition) is 3. The van der Waals surface area contributed by atoms with Crippen molar-refractivity contribution in [3.63, 3.8) is 0 Å². The van der Waals surface area contributed by atoms with E-state index in [4.69, 9.17) is 5.26 Å². The number of nitrogens with one attached hydrogen (secondary N) is 1. The van der Waals surface area contributed by atoms with E-state index in [0.29, 0.717) is 12.2 Å². The minimum absolute atomic E-state index is 0.0618. The van der Waals surface area contributed by atoms with Gasteiger partial charge in [-0.25, -0.2) is 8.78 Å². The van der Waals surface area contributed by atoms with E-state index < -0.39 is 11.6 Å². The Bertz CT molecular complexity index is 739. The van der Waals surface area contributed by atoms with E-state index in [9.17, 15) is 13.6 Å². The molecule has 1 aromatic carbocycles. The Morgan fingerprint density at radius 1 is 1.29 bits per heavy atom. The van der Waals surface area contributed by atoms with Gasteiger partial charge in [-0.05, 0) is 25.1 Å². The smallest absolute Gasteiger partial charge is 0.250 e. The molecule has 0 fully saturated rings. The van der Waals surface area contributed by atoms with E-state index >= 15 is 0 Å². The van der Waals surface area contributed by atoms with Gasteiger partial charge in [-0.3, -0.25) is 4.79 Å². The molecule has 0 unspecified atom stereocenters. The Kier molecular flexibility index (Phi) is 4.33. The maximum atomic E-state index is 13.7. The molecule has 2 aromatic rings. The number of nitrogens with zero attached hydrogens (tertiary/aromatic N) is 2. The van der Waals surface area contributed by atoms with Gasteiger partial charge in [-0.1, -0.05) is 0 Å². The van der Waals surface area contributed by atoms with Crippen molar-refractivity contribution in [2.75, 3.05) is 5.32 Å². The summed E-state index contributed by atoms with van der Waals surface area (Å²) >= 11 is 0. The monoisotopic (exact) mass is 289 g/mol. The van der Waals surface area contributed by atoms with Crippen molar-refractivity contribution in [1.29, 1.82) is 5.26 Å². The third kappa shape index (κ3) is 3.26. The van der Waals surface area contributed by atoms with Gasteiger partial charge >= 0.3 is 0 Å². The highest BCUT2D eigenvalue weighted by molar-refractivity contribution is 5.42. The molecule has 2 rings (SSSR count). The van der Waals surface area contributed by atoms with Gasteiger partial charge in [0.2, 0.25) is 0 Å². The van der Waals surface area contributed by atoms with Gasteiger partial charge in [0.05, 0.1) is 17.3 Å². The summed E-state index contributed by atoms with van der Waals surface area (Å²) in [7, 11) is 0. The number of nitriles is 1. The standard InChI is InChI=1S/C15H13F2N3O/c1-2-20-9-11(3-4-15(20)21)19-8-12-13(16)5-10(7-18)6-14(12)17/h3-6,9,19H,2,8H2,1H3. The summed E-state index contributed by atoms with van der Waals surface area (Å²) in [6.07, 6.45) is 1.59. The predicted octanol–water partition coefficient (Wildman–Crippen LogP) is 2.63. The van der Waals surface area contributed by atoms with Crippen molar-refractivity contribution in [2.24, 2.45) is 0 Å². The van der Waals surface area contributed by atoms with Crippen LogP contribution in [0.15, 0.2) is 35.3 Å². The number of benzene rings is 1. The van der Waals surface area contributed by atoms with Gasteiger partial charge in [-0.2, -0.15) is 5.26 Å². The lowest BCUT2D eigenvalue weighted by molar-refractivity contribution is 0.559. The highest BCUT2D eigenvalue weighted by Crippen LogP contribution is 2.17. The Balaban J connectivity index is 2.21. The third-order valence-corrected chi connectivity index (χ3v) is 3.06. The van der Waals surface area contributed by atoms with Crippen LogP contribution in [-0.2, 0) is 13.1 Å². The molecular formula is C15H13F2N3O. The van der Waals surface area contributed by atoms with Crippen molar-refractivity contribution < 1.29 is 8.78 Å². The lowest BCUT2D eigenvalue weighted by atomic mass is 10.1. The first-order valence-electron chi connectivity index (χ1n) is 6.37. The largest absolute Gasteiger partial charge is 0.380 e. The molecule has 4 nitrogen and oxygen atoms in total. The summed E-state index contributed by atoms with van der Waals surface area (Å²) in [4.78, 5) is 11.4. The second-order valence-electron chi connectivity index (χ2n) is 4.43. The molecule has 0 saturated carbocycles. The second-order valence-corrected chi connectivity index (χ2v) is 4.43. The Hall–Kier alpha value is -2.68. The minimum atomic E-state index is -0.775. The predicted molar refractivity (Wildman–Crippen MR) is 74.8 cm³/mol. The lowest BCUT2D eigenvalue weighted by Gasteiger charge is -2.10. The summed E-state index contributed by atoms with van der Waals surface area (Å²) < 4.78 is 28.9. The van der Waals surface area contributed by atoms with E-state index in [1.807, 2.05) is 6.92 Å². The average Bonchev–Trinajstić information content (AvgIpc) is 2.47. The maximum absolute atomic E-state index is 13.7. The number of pyridine rings is 1. The maximum Gasteiger partial charge on any atom is 0.250 e. The zero-order chi connectivity index (χ0) is 15.4. The average molecular weight is 289 g/mol. The topological polar surface area (TPSA) is 57.8 Å². The van der Waals surface area contributed by atoms with Crippen LogP contribution < -0.4 is 10.9 Å². The molecule has 1 N–H and O–H groups in total. The first-order chi connectivity index (χ1) is 10.0. The molecule has 0 aliphatic rings. The molecule has 0 aliphatic carbocycles. The fourth-order valence-corrected chi connectivity index (χ4v) is 1.91. The summed E-state index contributed by atoms with van der Waals surface area (Å²) in [6, 6.07) is 6.61. The molecule has 0 atom stereocenters. The van der Waals surface area contributed by atoms with Gasteiger partial charge in [0.25, 0.3) is 5.56 Å². The number of aryl methyl sites for hydroxylation is 1. The lowest BCUT2D eigenvalue weighted by Crippen LogP contribution is -2.18. The normalized spacial score (nSPS) is 10.2. The van der Waals surface area contributed by atoms with Crippen molar-refractivity contribution >= 4 is 5.69 Å². The molecular weight excluding hydrogens is 276 g/mol. The van der Waals surface area contributed by atoms with Crippen LogP contribution in [0.2, 0.25) is 0 Å². The van der Waals surface area contributed by atoms with Crippen LogP contribution >= 0.6 is 0 Å². The fraction of sp³-hybridized carbons (Fsp3) is 0.200. The third-order valence-electron chi connectivity index (χ3n) is 3.06. The first-order valence-corrected chi connectivity index (χ1v) is 6.37. The molecule has 108 valence electrons. The summed E-state index contributed by atoms with van der Waals surface area (Å²) in [6.45, 7) is 2.25. The zero-order valence-corrected chi connectivity index (χ0v) is 11.4. The van der Waals surface area contributed by atoms with E-state index in [-0.39, 0.29) is 23.2 Å². The van der Waals surface area contributed by atoms with Gasteiger partial charge in [0, 0.05) is 30.9 Å². The van der Waals surface area contributed by atoms with Crippen LogP contribution in [0.1, 0.15) is 18.1 Å². The zero-order valence-electron chi connectivity index (χ0n) is 11.4. The quantitative estimate of drug-likeness (QED) is 0.941. The first kappa shape index (κ1) is 14.7. The van der Waals surface area contributed by atoms with Gasteiger partial charge in [0.1, 0.15) is 11.6 Å². The van der Waals surface area contributed by atoms with Crippen molar-refractivity contribution in [2.45, 2.75) is 20.0 Å². The van der Waals surface area contributed by atoms with E-state index in [1.54, 1.807) is 18.3 Å².